The zero-order valence-electron chi connectivity index (χ0n) is 10.6. The number of aryl methyl sites for hydroxylation is 1. The molecular weight excluding hydrogens is 266 g/mol. The molecule has 1 heterocycles. The summed E-state index contributed by atoms with van der Waals surface area (Å²) in [6.07, 6.45) is 5.70. The van der Waals surface area contributed by atoms with Crippen molar-refractivity contribution in [2.45, 2.75) is 44.9 Å². The SMILES string of the molecule is O=C(O)CCc1nnc(NC(=O)C2CCCCC2)s1. The molecule has 1 aromatic rings. The van der Waals surface area contributed by atoms with Gasteiger partial charge < -0.3 is 10.4 Å². The number of rotatable bonds is 5. The molecule has 0 saturated heterocycles. The van der Waals surface area contributed by atoms with E-state index in [4.69, 9.17) is 5.11 Å². The smallest absolute Gasteiger partial charge is 0.303 e. The number of carbonyl (C=O) groups is 2. The number of hydrogen-bond acceptors (Lipinski definition) is 5. The van der Waals surface area contributed by atoms with E-state index in [0.717, 1.165) is 25.7 Å². The van der Waals surface area contributed by atoms with Gasteiger partial charge in [-0.1, -0.05) is 30.6 Å². The molecule has 0 atom stereocenters. The number of nitrogens with one attached hydrogen (secondary N) is 1. The van der Waals surface area contributed by atoms with Gasteiger partial charge in [-0.3, -0.25) is 9.59 Å². The van der Waals surface area contributed by atoms with Gasteiger partial charge >= 0.3 is 5.97 Å². The van der Waals surface area contributed by atoms with Crippen molar-refractivity contribution < 1.29 is 14.7 Å². The standard InChI is InChI=1S/C12H17N3O3S/c16-10(17)7-6-9-14-15-12(19-9)13-11(18)8-4-2-1-3-5-8/h8H,1-7H2,(H,16,17)(H,13,15,18). The quantitative estimate of drug-likeness (QED) is 0.863. The largest absolute Gasteiger partial charge is 0.481 e. The number of aliphatic carboxylic acids is 1. The fourth-order valence-corrected chi connectivity index (χ4v) is 2.93. The van der Waals surface area contributed by atoms with Crippen LogP contribution in [0, 0.1) is 5.92 Å². The van der Waals surface area contributed by atoms with E-state index in [1.807, 2.05) is 0 Å². The van der Waals surface area contributed by atoms with E-state index in [2.05, 4.69) is 15.5 Å². The molecule has 1 aromatic heterocycles. The second-order valence-corrected chi connectivity index (χ2v) is 5.78. The van der Waals surface area contributed by atoms with Gasteiger partial charge in [0.1, 0.15) is 5.01 Å². The highest BCUT2D eigenvalue weighted by Gasteiger charge is 2.22. The van der Waals surface area contributed by atoms with Crippen molar-refractivity contribution in [3.63, 3.8) is 0 Å². The Morgan fingerprint density at radius 3 is 2.68 bits per heavy atom. The lowest BCUT2D eigenvalue weighted by molar-refractivity contribution is -0.137. The summed E-state index contributed by atoms with van der Waals surface area (Å²) in [4.78, 5) is 22.4. The Morgan fingerprint density at radius 1 is 1.26 bits per heavy atom. The van der Waals surface area contributed by atoms with Crippen LogP contribution in [0.15, 0.2) is 0 Å². The van der Waals surface area contributed by atoms with Crippen molar-refractivity contribution >= 4 is 28.3 Å². The van der Waals surface area contributed by atoms with Crippen LogP contribution in [-0.4, -0.2) is 27.2 Å². The fourth-order valence-electron chi connectivity index (χ4n) is 2.19. The molecule has 1 fully saturated rings. The Kier molecular flexibility index (Phi) is 4.84. The van der Waals surface area contributed by atoms with Gasteiger partial charge in [0.05, 0.1) is 6.42 Å². The van der Waals surface area contributed by atoms with Gasteiger partial charge in [-0.05, 0) is 12.8 Å². The Balaban J connectivity index is 1.84. The molecule has 0 aliphatic heterocycles. The third-order valence-corrected chi connectivity index (χ3v) is 4.12. The lowest BCUT2D eigenvalue weighted by Crippen LogP contribution is -2.24. The molecule has 6 nitrogen and oxygen atoms in total. The molecule has 2 rings (SSSR count). The van der Waals surface area contributed by atoms with Crippen molar-refractivity contribution in [1.29, 1.82) is 0 Å². The summed E-state index contributed by atoms with van der Waals surface area (Å²) >= 11 is 1.25. The maximum absolute atomic E-state index is 12.0. The first-order valence-corrected chi connectivity index (χ1v) is 7.32. The van der Waals surface area contributed by atoms with Crippen molar-refractivity contribution in [1.82, 2.24) is 10.2 Å². The number of hydrogen-bond donors (Lipinski definition) is 2. The van der Waals surface area contributed by atoms with Gasteiger partial charge in [-0.2, -0.15) is 0 Å². The Hall–Kier alpha value is -1.50. The van der Waals surface area contributed by atoms with Crippen LogP contribution in [-0.2, 0) is 16.0 Å². The minimum Gasteiger partial charge on any atom is -0.481 e. The molecule has 0 bridgehead atoms. The summed E-state index contributed by atoms with van der Waals surface area (Å²) in [5, 5.41) is 20.2. The van der Waals surface area contributed by atoms with E-state index < -0.39 is 5.97 Å². The Morgan fingerprint density at radius 2 is 2.00 bits per heavy atom. The van der Waals surface area contributed by atoms with Gasteiger partial charge in [-0.25, -0.2) is 0 Å². The molecule has 1 saturated carbocycles. The highest BCUT2D eigenvalue weighted by Crippen LogP contribution is 2.25. The summed E-state index contributed by atoms with van der Waals surface area (Å²) < 4.78 is 0. The van der Waals surface area contributed by atoms with E-state index in [9.17, 15) is 9.59 Å². The normalized spacial score (nSPS) is 16.2. The highest BCUT2D eigenvalue weighted by atomic mass is 32.1. The van der Waals surface area contributed by atoms with Crippen molar-refractivity contribution in [3.8, 4) is 0 Å². The molecule has 7 heteroatoms. The second-order valence-electron chi connectivity index (χ2n) is 4.72. The highest BCUT2D eigenvalue weighted by molar-refractivity contribution is 7.15. The maximum Gasteiger partial charge on any atom is 0.303 e. The summed E-state index contributed by atoms with van der Waals surface area (Å²) in [6.45, 7) is 0. The maximum atomic E-state index is 12.0. The first-order valence-electron chi connectivity index (χ1n) is 6.50. The third-order valence-electron chi connectivity index (χ3n) is 3.23. The van der Waals surface area contributed by atoms with Crippen molar-refractivity contribution in [2.24, 2.45) is 5.92 Å². The number of nitrogens with zero attached hydrogens (tertiary/aromatic N) is 2. The number of amides is 1. The number of carboxylic acids is 1. The van der Waals surface area contributed by atoms with Gasteiger partial charge in [0.15, 0.2) is 0 Å². The number of anilines is 1. The molecule has 0 spiro atoms. The topological polar surface area (TPSA) is 92.2 Å². The zero-order chi connectivity index (χ0) is 13.7. The summed E-state index contributed by atoms with van der Waals surface area (Å²) in [5.41, 5.74) is 0. The van der Waals surface area contributed by atoms with Gasteiger partial charge in [-0.15, -0.1) is 10.2 Å². The summed E-state index contributed by atoms with van der Waals surface area (Å²) in [6, 6.07) is 0. The first-order chi connectivity index (χ1) is 9.15. The monoisotopic (exact) mass is 283 g/mol. The van der Waals surface area contributed by atoms with Crippen LogP contribution >= 0.6 is 11.3 Å². The van der Waals surface area contributed by atoms with Gasteiger partial charge in [0.25, 0.3) is 0 Å². The molecule has 1 amide bonds. The first kappa shape index (κ1) is 13.9. The van der Waals surface area contributed by atoms with Crippen molar-refractivity contribution in [3.05, 3.63) is 5.01 Å². The zero-order valence-corrected chi connectivity index (χ0v) is 11.4. The van der Waals surface area contributed by atoms with Gasteiger partial charge in [0.2, 0.25) is 11.0 Å². The number of carboxylic acid groups (broad SMARTS) is 1. The summed E-state index contributed by atoms with van der Waals surface area (Å²) in [5.74, 6) is -0.760. The molecule has 19 heavy (non-hydrogen) atoms. The van der Waals surface area contributed by atoms with Crippen LogP contribution in [0.3, 0.4) is 0 Å². The van der Waals surface area contributed by atoms with Crippen LogP contribution in [0.25, 0.3) is 0 Å². The van der Waals surface area contributed by atoms with Crippen LogP contribution in [0.4, 0.5) is 5.13 Å². The predicted molar refractivity (Wildman–Crippen MR) is 71.1 cm³/mol. The van der Waals surface area contributed by atoms with Crippen molar-refractivity contribution in [2.75, 3.05) is 5.32 Å². The Bertz CT molecular complexity index is 455. The lowest BCUT2D eigenvalue weighted by Gasteiger charge is -2.19. The minimum atomic E-state index is -0.858. The third kappa shape index (κ3) is 4.27. The van der Waals surface area contributed by atoms with E-state index >= 15 is 0 Å². The predicted octanol–water partition coefficient (Wildman–Crippen LogP) is 2.07. The Labute approximate surface area is 115 Å². The second kappa shape index (κ2) is 6.60. The molecule has 0 radical (unpaired) electrons. The van der Waals surface area contributed by atoms with Crippen LogP contribution in [0.2, 0.25) is 0 Å². The van der Waals surface area contributed by atoms with Crippen LogP contribution < -0.4 is 5.32 Å². The molecule has 1 aliphatic carbocycles. The molecular formula is C12H17N3O3S. The van der Waals surface area contributed by atoms with Crippen LogP contribution in [0.5, 0.6) is 0 Å². The van der Waals surface area contributed by atoms with E-state index in [-0.39, 0.29) is 18.2 Å². The van der Waals surface area contributed by atoms with Gasteiger partial charge in [0, 0.05) is 12.3 Å². The average Bonchev–Trinajstić information content (AvgIpc) is 2.85. The van der Waals surface area contributed by atoms with Crippen LogP contribution in [0.1, 0.15) is 43.5 Å². The minimum absolute atomic E-state index is 0.0145. The molecule has 1 aliphatic rings. The molecule has 0 aromatic carbocycles. The number of aromatic nitrogens is 2. The fraction of sp³-hybridized carbons (Fsp3) is 0.667. The van der Waals surface area contributed by atoms with E-state index in [1.54, 1.807) is 0 Å². The molecule has 0 unspecified atom stereocenters. The molecule has 104 valence electrons. The molecule has 2 N–H and O–H groups in total. The average molecular weight is 283 g/mol. The lowest BCUT2D eigenvalue weighted by atomic mass is 9.89. The van der Waals surface area contributed by atoms with E-state index in [0.29, 0.717) is 16.6 Å². The van der Waals surface area contributed by atoms with E-state index in [1.165, 1.54) is 17.8 Å². The summed E-state index contributed by atoms with van der Waals surface area (Å²) in [7, 11) is 0. The number of carbonyl (C=O) groups excluding carboxylic acids is 1.